The van der Waals surface area contributed by atoms with Crippen molar-refractivity contribution < 1.29 is 18.1 Å². The second-order valence-electron chi connectivity index (χ2n) is 11.2. The summed E-state index contributed by atoms with van der Waals surface area (Å²) in [5, 5.41) is -0.192. The molecule has 0 aromatic heterocycles. The van der Waals surface area contributed by atoms with Crippen LogP contribution in [0.5, 0.6) is 11.5 Å². The van der Waals surface area contributed by atoms with Crippen LogP contribution in [0.15, 0.2) is 24.3 Å². The van der Waals surface area contributed by atoms with Crippen molar-refractivity contribution in [1.29, 1.82) is 0 Å². The Bertz CT molecular complexity index is 763. The van der Waals surface area contributed by atoms with Gasteiger partial charge in [0.1, 0.15) is 0 Å². The van der Waals surface area contributed by atoms with Crippen LogP contribution in [0.25, 0.3) is 0 Å². The van der Waals surface area contributed by atoms with Crippen molar-refractivity contribution in [1.82, 2.24) is 0 Å². The number of benzene rings is 1. The topological polar surface area (TPSA) is 36.9 Å². The maximum atomic E-state index is 6.84. The van der Waals surface area contributed by atoms with Gasteiger partial charge < -0.3 is 0 Å². The van der Waals surface area contributed by atoms with Crippen molar-refractivity contribution in [3.63, 3.8) is 0 Å². The number of hydrogen-bond donors (Lipinski definition) is 0. The number of hydrogen-bond acceptors (Lipinski definition) is 4. The van der Waals surface area contributed by atoms with Crippen LogP contribution in [-0.2, 0) is 9.05 Å². The zero-order chi connectivity index (χ0) is 20.1. The van der Waals surface area contributed by atoms with Gasteiger partial charge in [-0.25, -0.2) is 0 Å². The fourth-order valence-electron chi connectivity index (χ4n) is 5.74. The monoisotopic (exact) mass is 444 g/mol. The standard InChI is InChI=1S/C19H34O4P2Si2/c1-18(2)14-19(3)23-25(22-18,20-15-12-10-11-13-16(15)21-25)24(19)17(26(4,5)6)27(7,8)9/h10-13,17H,14H2,1-9H3. The van der Waals surface area contributed by atoms with Crippen molar-refractivity contribution in [2.45, 2.75) is 82.3 Å². The normalized spacial score (nSPS) is 34.0. The molecule has 2 atom stereocenters. The molecule has 1 aromatic rings. The number of fused-ring (bicyclic) bond motifs is 3. The van der Waals surface area contributed by atoms with Crippen LogP contribution >= 0.6 is 14.8 Å². The zero-order valence-electron chi connectivity index (χ0n) is 18.1. The summed E-state index contributed by atoms with van der Waals surface area (Å²) in [6, 6.07) is 7.96. The third kappa shape index (κ3) is 2.82. The Morgan fingerprint density at radius 2 is 1.37 bits per heavy atom. The van der Waals surface area contributed by atoms with Crippen LogP contribution in [0.3, 0.4) is 0 Å². The molecule has 4 heterocycles. The Kier molecular flexibility index (Phi) is 4.05. The van der Waals surface area contributed by atoms with E-state index in [1.165, 1.54) is 0 Å². The molecule has 8 heteroatoms. The minimum atomic E-state index is -3.67. The van der Waals surface area contributed by atoms with Gasteiger partial charge in [-0.15, -0.1) is 0 Å². The molecule has 152 valence electrons. The molecular formula is C19H34O4P2Si2. The van der Waals surface area contributed by atoms with E-state index >= 15 is 0 Å². The molecule has 0 aliphatic carbocycles. The van der Waals surface area contributed by atoms with E-state index in [-0.39, 0.29) is 10.9 Å². The fraction of sp³-hybridized carbons (Fsp3) is 0.684. The molecule has 3 saturated heterocycles. The predicted octanol–water partition coefficient (Wildman–Crippen LogP) is 7.14. The SMILES string of the molecule is CC1(C)CC2(C)OP3(Oc4ccccc4O3)(O1)P2C([Si](C)(C)C)[Si](C)(C)C. The Morgan fingerprint density at radius 3 is 1.81 bits per heavy atom. The van der Waals surface area contributed by atoms with Crippen LogP contribution < -0.4 is 9.05 Å². The number of rotatable bonds is 3. The zero-order valence-corrected chi connectivity index (χ0v) is 21.9. The molecule has 3 fully saturated rings. The van der Waals surface area contributed by atoms with Gasteiger partial charge in [0.15, 0.2) is 0 Å². The van der Waals surface area contributed by atoms with Crippen molar-refractivity contribution in [3.8, 4) is 11.5 Å². The summed E-state index contributed by atoms with van der Waals surface area (Å²) in [5.74, 6) is 1.57. The molecule has 27 heavy (non-hydrogen) atoms. The van der Waals surface area contributed by atoms with E-state index in [0.29, 0.717) is 4.91 Å². The van der Waals surface area contributed by atoms with Crippen molar-refractivity contribution in [2.24, 2.45) is 0 Å². The first kappa shape index (κ1) is 20.3. The Balaban J connectivity index is 1.91. The molecule has 2 bridgehead atoms. The van der Waals surface area contributed by atoms with E-state index in [9.17, 15) is 0 Å². The average molecular weight is 445 g/mol. The van der Waals surface area contributed by atoms with Gasteiger partial charge >= 0.3 is 167 Å². The molecule has 0 N–H and O–H groups in total. The van der Waals surface area contributed by atoms with Gasteiger partial charge in [0.05, 0.1) is 0 Å². The van der Waals surface area contributed by atoms with Crippen molar-refractivity contribution in [3.05, 3.63) is 24.3 Å². The quantitative estimate of drug-likeness (QED) is 0.367. The molecule has 0 amide bonds. The van der Waals surface area contributed by atoms with E-state index in [0.717, 1.165) is 17.9 Å². The Hall–Kier alpha value is 0.0338. The van der Waals surface area contributed by atoms with Crippen LogP contribution in [0.2, 0.25) is 39.3 Å². The molecule has 0 radical (unpaired) electrons. The van der Waals surface area contributed by atoms with Gasteiger partial charge in [0.2, 0.25) is 0 Å². The first-order chi connectivity index (χ1) is 12.1. The van der Waals surface area contributed by atoms with Crippen molar-refractivity contribution >= 4 is 31.0 Å². The van der Waals surface area contributed by atoms with Crippen LogP contribution in [0.4, 0.5) is 0 Å². The first-order valence-electron chi connectivity index (χ1n) is 9.84. The summed E-state index contributed by atoms with van der Waals surface area (Å²) in [7, 11) is -7.40. The van der Waals surface area contributed by atoms with E-state index in [1.807, 2.05) is 24.3 Å². The average Bonchev–Trinajstić information content (AvgIpc) is 2.74. The third-order valence-corrected chi connectivity index (χ3v) is 31.7. The fourth-order valence-corrected chi connectivity index (χ4v) is 45.1. The molecule has 1 spiro atoms. The van der Waals surface area contributed by atoms with Gasteiger partial charge in [-0.05, 0) is 0 Å². The van der Waals surface area contributed by atoms with Crippen LogP contribution in [0, 0.1) is 0 Å². The van der Waals surface area contributed by atoms with E-state index < -0.39 is 31.0 Å². The first-order valence-corrected chi connectivity index (χ1v) is 21.0. The molecule has 4 aliphatic heterocycles. The van der Waals surface area contributed by atoms with Gasteiger partial charge in [0, 0.05) is 0 Å². The second kappa shape index (κ2) is 5.39. The van der Waals surface area contributed by atoms with Crippen LogP contribution in [-0.4, -0.2) is 32.0 Å². The van der Waals surface area contributed by atoms with Gasteiger partial charge in [0.25, 0.3) is 0 Å². The molecule has 1 aromatic carbocycles. The van der Waals surface area contributed by atoms with Crippen molar-refractivity contribution in [2.75, 3.05) is 0 Å². The van der Waals surface area contributed by atoms with E-state index in [1.54, 1.807) is 0 Å². The Morgan fingerprint density at radius 1 is 0.889 bits per heavy atom. The summed E-state index contributed by atoms with van der Waals surface area (Å²) in [6.45, 7) is 21.6. The minimum absolute atomic E-state index is 0.192. The molecule has 5 rings (SSSR count). The third-order valence-electron chi connectivity index (χ3n) is 5.58. The van der Waals surface area contributed by atoms with Gasteiger partial charge in [-0.2, -0.15) is 0 Å². The van der Waals surface area contributed by atoms with Gasteiger partial charge in [-0.1, -0.05) is 0 Å². The summed E-state index contributed by atoms with van der Waals surface area (Å²) >= 11 is 0. The van der Waals surface area contributed by atoms with Gasteiger partial charge in [-0.3, -0.25) is 0 Å². The summed E-state index contributed by atoms with van der Waals surface area (Å²) in [6.07, 6.45) is 0.901. The molecular weight excluding hydrogens is 410 g/mol. The predicted molar refractivity (Wildman–Crippen MR) is 121 cm³/mol. The maximum absolute atomic E-state index is 6.84. The summed E-state index contributed by atoms with van der Waals surface area (Å²) < 4.78 is 27.0. The summed E-state index contributed by atoms with van der Waals surface area (Å²) in [5.41, 5.74) is -0.310. The number of para-hydroxylation sites is 2. The van der Waals surface area contributed by atoms with E-state index in [2.05, 4.69) is 60.1 Å². The van der Waals surface area contributed by atoms with E-state index in [4.69, 9.17) is 18.1 Å². The Labute approximate surface area is 167 Å². The molecule has 0 saturated carbocycles. The summed E-state index contributed by atoms with van der Waals surface area (Å²) in [4.78, 5) is 0.641. The molecule has 2 unspecified atom stereocenters. The molecule has 4 nitrogen and oxygen atoms in total. The van der Waals surface area contributed by atoms with Crippen LogP contribution in [0.1, 0.15) is 27.2 Å². The molecule has 4 aliphatic rings. The second-order valence-corrected chi connectivity index (χ2v) is 31.0.